The van der Waals surface area contributed by atoms with E-state index in [1.54, 1.807) is 0 Å². The summed E-state index contributed by atoms with van der Waals surface area (Å²) >= 11 is 0. The molecule has 0 aromatic heterocycles. The Morgan fingerprint density at radius 1 is 1.43 bits per heavy atom. The molecule has 1 unspecified atom stereocenters. The number of unbranched alkanes of at least 4 members (excludes halogenated alkanes) is 1. The van der Waals surface area contributed by atoms with Crippen LogP contribution < -0.4 is 0 Å². The molecular weight excluding hydrogens is 174 g/mol. The van der Waals surface area contributed by atoms with Gasteiger partial charge in [0.1, 0.15) is 6.61 Å². The Morgan fingerprint density at radius 3 is 2.57 bits per heavy atom. The highest BCUT2D eigenvalue weighted by atomic mass is 16.3. The number of rotatable bonds is 8. The summed E-state index contributed by atoms with van der Waals surface area (Å²) in [7, 11) is 0. The van der Waals surface area contributed by atoms with Gasteiger partial charge in [-0.2, -0.15) is 4.58 Å². The van der Waals surface area contributed by atoms with Crippen LogP contribution in [0, 0.1) is 5.92 Å². The molecule has 0 bridgehead atoms. The van der Waals surface area contributed by atoms with E-state index in [0.717, 1.165) is 12.5 Å². The van der Waals surface area contributed by atoms with Crippen molar-refractivity contribution in [2.75, 3.05) is 19.7 Å². The normalized spacial score (nSPS) is 12.2. The minimum absolute atomic E-state index is 0.187. The van der Waals surface area contributed by atoms with Crippen molar-refractivity contribution in [3.05, 3.63) is 6.58 Å². The first-order valence-electron chi connectivity index (χ1n) is 5.66. The third-order valence-corrected chi connectivity index (χ3v) is 2.62. The fourth-order valence-corrected chi connectivity index (χ4v) is 1.58. The molecule has 1 N–H and O–H groups in total. The molecule has 0 aliphatic rings. The minimum Gasteiger partial charge on any atom is -0.390 e. The Labute approximate surface area is 88.0 Å². The van der Waals surface area contributed by atoms with Gasteiger partial charge in [-0.1, -0.05) is 26.7 Å². The lowest BCUT2D eigenvalue weighted by Gasteiger charge is -2.11. The average molecular weight is 198 g/mol. The minimum atomic E-state index is 0.187. The fourth-order valence-electron chi connectivity index (χ4n) is 1.58. The van der Waals surface area contributed by atoms with Crippen molar-refractivity contribution >= 4 is 5.87 Å². The van der Waals surface area contributed by atoms with Crippen LogP contribution in [0.15, 0.2) is 6.58 Å². The molecule has 14 heavy (non-hydrogen) atoms. The van der Waals surface area contributed by atoms with E-state index in [4.69, 9.17) is 5.11 Å². The van der Waals surface area contributed by atoms with Crippen molar-refractivity contribution in [2.45, 2.75) is 39.5 Å². The summed E-state index contributed by atoms with van der Waals surface area (Å²) in [6.45, 7) is 9.91. The van der Waals surface area contributed by atoms with E-state index in [1.807, 2.05) is 4.58 Å². The number of aliphatic hydroxyl groups is 1. The van der Waals surface area contributed by atoms with Crippen LogP contribution >= 0.6 is 0 Å². The molecule has 0 spiro atoms. The highest BCUT2D eigenvalue weighted by molar-refractivity contribution is 5.39. The molecule has 0 aromatic rings. The van der Waals surface area contributed by atoms with Gasteiger partial charge in [-0.25, -0.2) is 0 Å². The molecule has 0 radical (unpaired) electrons. The number of hydrogen-bond acceptors (Lipinski definition) is 1. The highest BCUT2D eigenvalue weighted by Crippen LogP contribution is 2.12. The van der Waals surface area contributed by atoms with Gasteiger partial charge in [0.2, 0.25) is 0 Å². The Kier molecular flexibility index (Phi) is 8.61. The lowest BCUT2D eigenvalue weighted by atomic mass is 9.99. The van der Waals surface area contributed by atoms with Gasteiger partial charge in [0, 0.05) is 12.5 Å². The topological polar surface area (TPSA) is 23.2 Å². The summed E-state index contributed by atoms with van der Waals surface area (Å²) in [5, 5.41) is 8.82. The Hall–Kier alpha value is -0.590. The third-order valence-electron chi connectivity index (χ3n) is 2.62. The predicted molar refractivity (Wildman–Crippen MR) is 61.0 cm³/mol. The summed E-state index contributed by atoms with van der Waals surface area (Å²) in [5.74, 6) is 3.59. The molecule has 2 nitrogen and oxygen atoms in total. The van der Waals surface area contributed by atoms with Gasteiger partial charge in [-0.3, -0.25) is 0 Å². The lowest BCUT2D eigenvalue weighted by Crippen LogP contribution is -2.22. The molecular formula is C12H24NO+. The van der Waals surface area contributed by atoms with E-state index in [1.165, 1.54) is 25.7 Å². The van der Waals surface area contributed by atoms with Gasteiger partial charge < -0.3 is 5.11 Å². The molecule has 82 valence electrons. The monoisotopic (exact) mass is 198 g/mol. The predicted octanol–water partition coefficient (Wildman–Crippen LogP) is 2.06. The van der Waals surface area contributed by atoms with Crippen LogP contribution in [0.2, 0.25) is 0 Å². The summed E-state index contributed by atoms with van der Waals surface area (Å²) < 4.78 is 1.99. The van der Waals surface area contributed by atoms with Crippen LogP contribution in [0.1, 0.15) is 39.5 Å². The maximum Gasteiger partial charge on any atom is 0.175 e. The van der Waals surface area contributed by atoms with E-state index in [9.17, 15) is 0 Å². The third kappa shape index (κ3) is 5.95. The molecule has 0 aliphatic carbocycles. The van der Waals surface area contributed by atoms with Crippen molar-refractivity contribution in [1.82, 2.24) is 0 Å². The van der Waals surface area contributed by atoms with Crippen molar-refractivity contribution in [3.8, 4) is 0 Å². The molecule has 0 amide bonds. The average Bonchev–Trinajstić information content (AvgIpc) is 2.22. The summed E-state index contributed by atoms with van der Waals surface area (Å²) in [6, 6.07) is 0. The second kappa shape index (κ2) is 8.98. The Balaban J connectivity index is 3.94. The quantitative estimate of drug-likeness (QED) is 0.468. The first-order valence-corrected chi connectivity index (χ1v) is 5.66. The van der Waals surface area contributed by atoms with Crippen molar-refractivity contribution in [2.24, 2.45) is 5.92 Å². The van der Waals surface area contributed by atoms with Gasteiger partial charge in [0.05, 0.1) is 0 Å². The maximum atomic E-state index is 8.82. The van der Waals surface area contributed by atoms with Gasteiger partial charge in [0.15, 0.2) is 19.0 Å². The standard InChI is InChI=1S/C12H24NO/c1-4-7-8-12(5-2)11-13(6-3)9-10-14/h12,14H,3-5,7-11H2,1-2H3/q+1. The first kappa shape index (κ1) is 13.4. The lowest BCUT2D eigenvalue weighted by molar-refractivity contribution is -0.530. The molecule has 0 rings (SSSR count). The number of hydrogen-bond donors (Lipinski definition) is 1. The zero-order chi connectivity index (χ0) is 10.8. The maximum absolute atomic E-state index is 8.82. The molecule has 2 heteroatoms. The number of aliphatic hydroxyl groups excluding tert-OH is 1. The van der Waals surface area contributed by atoms with Crippen LogP contribution in [0.4, 0.5) is 0 Å². The molecule has 0 saturated carbocycles. The molecule has 0 fully saturated rings. The van der Waals surface area contributed by atoms with Gasteiger partial charge in [-0.15, -0.1) is 0 Å². The smallest absolute Gasteiger partial charge is 0.175 e. The highest BCUT2D eigenvalue weighted by Gasteiger charge is 2.12. The largest absolute Gasteiger partial charge is 0.390 e. The zero-order valence-corrected chi connectivity index (χ0v) is 9.63. The van der Waals surface area contributed by atoms with Crippen LogP contribution in [0.25, 0.3) is 0 Å². The van der Waals surface area contributed by atoms with Gasteiger partial charge in [0.25, 0.3) is 0 Å². The SMILES string of the molecule is C=C=[N+](CCO)CC(CC)CCCC. The molecule has 0 saturated heterocycles. The van der Waals surface area contributed by atoms with E-state index in [2.05, 4.69) is 26.3 Å². The first-order chi connectivity index (χ1) is 6.78. The number of nitrogens with zero attached hydrogens (tertiary/aromatic N) is 1. The van der Waals surface area contributed by atoms with Crippen LogP contribution in [0.5, 0.6) is 0 Å². The molecule has 1 atom stereocenters. The van der Waals surface area contributed by atoms with Crippen LogP contribution in [0.3, 0.4) is 0 Å². The van der Waals surface area contributed by atoms with E-state index >= 15 is 0 Å². The van der Waals surface area contributed by atoms with Crippen LogP contribution in [-0.4, -0.2) is 35.2 Å². The van der Waals surface area contributed by atoms with Crippen molar-refractivity contribution in [3.63, 3.8) is 0 Å². The van der Waals surface area contributed by atoms with E-state index in [-0.39, 0.29) is 6.61 Å². The Bertz CT molecular complexity index is 183. The van der Waals surface area contributed by atoms with E-state index < -0.39 is 0 Å². The fraction of sp³-hybridized carbons (Fsp3) is 0.833. The molecule has 0 heterocycles. The van der Waals surface area contributed by atoms with Gasteiger partial charge >= 0.3 is 0 Å². The summed E-state index contributed by atoms with van der Waals surface area (Å²) in [6.07, 6.45) is 5.02. The summed E-state index contributed by atoms with van der Waals surface area (Å²) in [4.78, 5) is 0. The van der Waals surface area contributed by atoms with Crippen molar-refractivity contribution in [1.29, 1.82) is 0 Å². The second-order valence-electron chi connectivity index (χ2n) is 3.74. The molecule has 0 aliphatic heterocycles. The Morgan fingerprint density at radius 2 is 2.14 bits per heavy atom. The van der Waals surface area contributed by atoms with Crippen LogP contribution in [-0.2, 0) is 0 Å². The van der Waals surface area contributed by atoms with Crippen molar-refractivity contribution < 1.29 is 9.68 Å². The van der Waals surface area contributed by atoms with Gasteiger partial charge in [-0.05, 0) is 12.8 Å². The summed E-state index contributed by atoms with van der Waals surface area (Å²) in [5.41, 5.74) is 0. The second-order valence-corrected chi connectivity index (χ2v) is 3.74. The van der Waals surface area contributed by atoms with E-state index in [0.29, 0.717) is 6.54 Å². The molecule has 0 aromatic carbocycles. The zero-order valence-electron chi connectivity index (χ0n) is 9.63.